The summed E-state index contributed by atoms with van der Waals surface area (Å²) in [4.78, 5) is 8.47. The van der Waals surface area contributed by atoms with E-state index in [1.54, 1.807) is 6.20 Å². The lowest BCUT2D eigenvalue weighted by molar-refractivity contribution is 0.391. The minimum Gasteiger partial charge on any atom is -0.338 e. The highest BCUT2D eigenvalue weighted by atomic mass is 35.5. The molecule has 0 spiro atoms. The van der Waals surface area contributed by atoms with Crippen molar-refractivity contribution in [2.24, 2.45) is 0 Å². The lowest BCUT2D eigenvalue weighted by Crippen LogP contribution is -1.88. The van der Waals surface area contributed by atoms with Crippen molar-refractivity contribution in [2.45, 2.75) is 5.88 Å². The minimum absolute atomic E-state index is 0.206. The molecule has 0 saturated carbocycles. The van der Waals surface area contributed by atoms with Gasteiger partial charge in [-0.1, -0.05) is 29.4 Å². The van der Waals surface area contributed by atoms with Crippen molar-refractivity contribution in [3.63, 3.8) is 0 Å². The number of benzene rings is 1. The number of hydrogen-bond acceptors (Lipinski definition) is 4. The molecule has 0 unspecified atom stereocenters. The molecule has 0 aliphatic rings. The highest BCUT2D eigenvalue weighted by molar-refractivity contribution is 6.16. The SMILES string of the molecule is ClCc1nc(-c2nccc3ccccc23)no1. The normalized spacial score (nSPS) is 10.9. The summed E-state index contributed by atoms with van der Waals surface area (Å²) < 4.78 is 4.98. The van der Waals surface area contributed by atoms with Gasteiger partial charge in [-0.3, -0.25) is 4.98 Å². The molecule has 0 bridgehead atoms. The van der Waals surface area contributed by atoms with E-state index in [9.17, 15) is 0 Å². The first-order chi connectivity index (χ1) is 8.38. The van der Waals surface area contributed by atoms with Crippen molar-refractivity contribution in [1.82, 2.24) is 15.1 Å². The quantitative estimate of drug-likeness (QED) is 0.651. The number of aromatic nitrogens is 3. The Labute approximate surface area is 102 Å². The van der Waals surface area contributed by atoms with Crippen LogP contribution in [0.3, 0.4) is 0 Å². The maximum atomic E-state index is 5.63. The van der Waals surface area contributed by atoms with E-state index in [2.05, 4.69) is 15.1 Å². The largest absolute Gasteiger partial charge is 0.338 e. The molecule has 2 aromatic heterocycles. The predicted molar refractivity (Wildman–Crippen MR) is 64.6 cm³/mol. The zero-order valence-electron chi connectivity index (χ0n) is 8.80. The van der Waals surface area contributed by atoms with Crippen molar-refractivity contribution >= 4 is 22.4 Å². The van der Waals surface area contributed by atoms with Crippen molar-refractivity contribution in [3.05, 3.63) is 42.4 Å². The molecule has 0 N–H and O–H groups in total. The molecule has 3 aromatic rings. The summed E-state index contributed by atoms with van der Waals surface area (Å²) in [5.41, 5.74) is 0.711. The van der Waals surface area contributed by atoms with Gasteiger partial charge in [0, 0.05) is 11.6 Å². The number of hydrogen-bond donors (Lipinski definition) is 0. The van der Waals surface area contributed by atoms with Gasteiger partial charge in [-0.15, -0.1) is 11.6 Å². The molecule has 3 rings (SSSR count). The fourth-order valence-electron chi connectivity index (χ4n) is 1.70. The van der Waals surface area contributed by atoms with Crippen LogP contribution in [0.25, 0.3) is 22.3 Å². The Bertz CT molecular complexity index is 660. The van der Waals surface area contributed by atoms with Crippen LogP contribution in [0.5, 0.6) is 0 Å². The third-order valence-electron chi connectivity index (χ3n) is 2.47. The second-order valence-corrected chi connectivity index (χ2v) is 3.79. The first kappa shape index (κ1) is 10.2. The number of fused-ring (bicyclic) bond motifs is 1. The Morgan fingerprint density at radius 3 is 2.88 bits per heavy atom. The van der Waals surface area contributed by atoms with Crippen LogP contribution in [0, 0.1) is 0 Å². The van der Waals surface area contributed by atoms with Gasteiger partial charge in [0.05, 0.1) is 0 Å². The van der Waals surface area contributed by atoms with Crippen LogP contribution in [0.15, 0.2) is 41.1 Å². The third-order valence-corrected chi connectivity index (χ3v) is 2.70. The highest BCUT2D eigenvalue weighted by Crippen LogP contribution is 2.24. The molecule has 0 aliphatic carbocycles. The van der Waals surface area contributed by atoms with Gasteiger partial charge >= 0.3 is 0 Å². The Kier molecular flexibility index (Phi) is 2.49. The summed E-state index contributed by atoms with van der Waals surface area (Å²) >= 11 is 5.63. The van der Waals surface area contributed by atoms with Gasteiger partial charge in [0.15, 0.2) is 0 Å². The number of alkyl halides is 1. The lowest BCUT2D eigenvalue weighted by Gasteiger charge is -2.00. The van der Waals surface area contributed by atoms with Crippen molar-refractivity contribution in [2.75, 3.05) is 0 Å². The number of nitrogens with zero attached hydrogens (tertiary/aromatic N) is 3. The fourth-order valence-corrected chi connectivity index (χ4v) is 1.81. The van der Waals surface area contributed by atoms with Gasteiger partial charge in [0.1, 0.15) is 11.6 Å². The Balaban J connectivity index is 2.23. The molecule has 5 heteroatoms. The monoisotopic (exact) mass is 245 g/mol. The summed E-state index contributed by atoms with van der Waals surface area (Å²) in [6.45, 7) is 0. The van der Waals surface area contributed by atoms with E-state index in [1.807, 2.05) is 30.3 Å². The Morgan fingerprint density at radius 1 is 1.18 bits per heavy atom. The Morgan fingerprint density at radius 2 is 2.06 bits per heavy atom. The molecular formula is C12H8ClN3O. The van der Waals surface area contributed by atoms with Crippen LogP contribution in [0.4, 0.5) is 0 Å². The minimum atomic E-state index is 0.206. The molecule has 2 heterocycles. The van der Waals surface area contributed by atoms with Gasteiger partial charge in [-0.2, -0.15) is 4.98 Å². The number of halogens is 1. The smallest absolute Gasteiger partial charge is 0.241 e. The molecule has 0 amide bonds. The van der Waals surface area contributed by atoms with Crippen LogP contribution < -0.4 is 0 Å². The standard InChI is InChI=1S/C12H8ClN3O/c13-7-10-15-12(16-17-10)11-9-4-2-1-3-8(9)5-6-14-11/h1-6H,7H2. The number of pyridine rings is 1. The molecule has 0 radical (unpaired) electrons. The van der Waals surface area contributed by atoms with Gasteiger partial charge in [0.25, 0.3) is 0 Å². The Hall–Kier alpha value is -1.94. The second-order valence-electron chi connectivity index (χ2n) is 3.53. The van der Waals surface area contributed by atoms with E-state index in [4.69, 9.17) is 16.1 Å². The highest BCUT2D eigenvalue weighted by Gasteiger charge is 2.11. The van der Waals surface area contributed by atoms with E-state index in [-0.39, 0.29) is 5.88 Å². The van der Waals surface area contributed by atoms with Crippen LogP contribution in [0.1, 0.15) is 5.89 Å². The lowest BCUT2D eigenvalue weighted by atomic mass is 10.1. The molecule has 4 nitrogen and oxygen atoms in total. The summed E-state index contributed by atoms with van der Waals surface area (Å²) in [7, 11) is 0. The average Bonchev–Trinajstić information content (AvgIpc) is 2.87. The van der Waals surface area contributed by atoms with Crippen LogP contribution >= 0.6 is 11.6 Å². The van der Waals surface area contributed by atoms with E-state index in [0.717, 1.165) is 10.8 Å². The van der Waals surface area contributed by atoms with Gasteiger partial charge in [-0.25, -0.2) is 0 Å². The molecule has 1 aromatic carbocycles. The summed E-state index contributed by atoms with van der Waals surface area (Å²) in [5, 5.41) is 5.96. The average molecular weight is 246 g/mol. The van der Waals surface area contributed by atoms with Crippen LogP contribution in [-0.2, 0) is 5.88 Å². The molecule has 0 atom stereocenters. The first-order valence-corrected chi connectivity index (χ1v) is 5.64. The predicted octanol–water partition coefficient (Wildman–Crippen LogP) is 3.02. The summed E-state index contributed by atoms with van der Waals surface area (Å²) in [6.07, 6.45) is 1.73. The van der Waals surface area contributed by atoms with E-state index in [1.165, 1.54) is 0 Å². The molecule has 0 aliphatic heterocycles. The fraction of sp³-hybridized carbons (Fsp3) is 0.0833. The zero-order valence-corrected chi connectivity index (χ0v) is 9.55. The van der Waals surface area contributed by atoms with E-state index in [0.29, 0.717) is 17.4 Å². The van der Waals surface area contributed by atoms with Gasteiger partial charge < -0.3 is 4.52 Å². The summed E-state index contributed by atoms with van der Waals surface area (Å²) in [6, 6.07) is 9.88. The van der Waals surface area contributed by atoms with Crippen LogP contribution in [-0.4, -0.2) is 15.1 Å². The zero-order chi connectivity index (χ0) is 11.7. The van der Waals surface area contributed by atoms with Gasteiger partial charge in [-0.05, 0) is 11.5 Å². The molecule has 0 saturated heterocycles. The maximum absolute atomic E-state index is 5.63. The molecular weight excluding hydrogens is 238 g/mol. The topological polar surface area (TPSA) is 51.8 Å². The molecule has 0 fully saturated rings. The van der Waals surface area contributed by atoms with Crippen molar-refractivity contribution in [3.8, 4) is 11.5 Å². The first-order valence-electron chi connectivity index (χ1n) is 5.11. The number of rotatable bonds is 2. The third kappa shape index (κ3) is 1.76. The molecule has 84 valence electrons. The van der Waals surface area contributed by atoms with Crippen LogP contribution in [0.2, 0.25) is 0 Å². The summed E-state index contributed by atoms with van der Waals surface area (Å²) in [5.74, 6) is 1.08. The molecule has 17 heavy (non-hydrogen) atoms. The van der Waals surface area contributed by atoms with E-state index >= 15 is 0 Å². The van der Waals surface area contributed by atoms with E-state index < -0.39 is 0 Å². The van der Waals surface area contributed by atoms with Crippen molar-refractivity contribution in [1.29, 1.82) is 0 Å². The maximum Gasteiger partial charge on any atom is 0.241 e. The van der Waals surface area contributed by atoms with Crippen molar-refractivity contribution < 1.29 is 4.52 Å². The van der Waals surface area contributed by atoms with Gasteiger partial charge in [0.2, 0.25) is 11.7 Å². The second kappa shape index (κ2) is 4.14.